The predicted octanol–water partition coefficient (Wildman–Crippen LogP) is 3.13. The van der Waals surface area contributed by atoms with Gasteiger partial charge in [0.05, 0.1) is 18.6 Å². The molecule has 0 amide bonds. The second-order valence-electron chi connectivity index (χ2n) is 5.13. The molecule has 1 atom stereocenters. The summed E-state index contributed by atoms with van der Waals surface area (Å²) in [6.07, 6.45) is 0. The number of carbonyl (C=O) groups is 2. The molecule has 0 saturated heterocycles. The molecule has 0 N–H and O–H groups in total. The average molecular weight is 343 g/mol. The third-order valence-corrected chi connectivity index (χ3v) is 3.58. The summed E-state index contributed by atoms with van der Waals surface area (Å²) >= 11 is 0. The van der Waals surface area contributed by atoms with Gasteiger partial charge in [-0.1, -0.05) is 24.3 Å². The maximum Gasteiger partial charge on any atom is 0.321 e. The Bertz CT molecular complexity index is 784. The van der Waals surface area contributed by atoms with Crippen molar-refractivity contribution in [1.29, 1.82) is 0 Å². The van der Waals surface area contributed by atoms with E-state index >= 15 is 0 Å². The second-order valence-corrected chi connectivity index (χ2v) is 5.13. The highest BCUT2D eigenvalue weighted by atomic mass is 16.6. The molecule has 0 aliphatic rings. The zero-order chi connectivity index (χ0) is 18.4. The molecule has 0 heterocycles. The quantitative estimate of drug-likeness (QED) is 0.252. The fourth-order valence-electron chi connectivity index (χ4n) is 2.35. The van der Waals surface area contributed by atoms with Crippen molar-refractivity contribution in [2.75, 3.05) is 13.7 Å². The van der Waals surface area contributed by atoms with Crippen LogP contribution in [0.1, 0.15) is 28.8 Å². The minimum atomic E-state index is -1.20. The fraction of sp³-hybridized carbons (Fsp3) is 0.222. The van der Waals surface area contributed by atoms with Crippen LogP contribution in [-0.2, 0) is 9.53 Å². The zero-order valence-corrected chi connectivity index (χ0v) is 13.8. The number of methoxy groups -OCH3 is 1. The summed E-state index contributed by atoms with van der Waals surface area (Å²) in [5, 5.41) is 10.8. The number of ether oxygens (including phenoxy) is 2. The Hall–Kier alpha value is -3.22. The normalized spacial score (nSPS) is 11.4. The largest absolute Gasteiger partial charge is 0.497 e. The van der Waals surface area contributed by atoms with Crippen LogP contribution in [0.5, 0.6) is 5.75 Å². The number of nitro groups is 1. The monoisotopic (exact) mass is 343 g/mol. The van der Waals surface area contributed by atoms with Gasteiger partial charge in [-0.3, -0.25) is 19.7 Å². The first-order valence-electron chi connectivity index (χ1n) is 7.57. The van der Waals surface area contributed by atoms with Crippen LogP contribution < -0.4 is 4.74 Å². The van der Waals surface area contributed by atoms with Gasteiger partial charge >= 0.3 is 5.97 Å². The molecule has 25 heavy (non-hydrogen) atoms. The van der Waals surface area contributed by atoms with Gasteiger partial charge in [0.2, 0.25) is 0 Å². The standard InChI is InChI=1S/C18H17NO6/c1-3-25-18(21)16(12-7-9-14(10-8-12)19(22)23)17(20)13-5-4-6-15(11-13)24-2/h4-11,16H,3H2,1-2H3. The van der Waals surface area contributed by atoms with Crippen LogP contribution in [0.3, 0.4) is 0 Å². The summed E-state index contributed by atoms with van der Waals surface area (Å²) < 4.78 is 10.1. The van der Waals surface area contributed by atoms with Gasteiger partial charge in [-0.05, 0) is 24.6 Å². The van der Waals surface area contributed by atoms with Crippen molar-refractivity contribution < 1.29 is 24.0 Å². The smallest absolute Gasteiger partial charge is 0.321 e. The summed E-state index contributed by atoms with van der Waals surface area (Å²) in [4.78, 5) is 35.4. The Morgan fingerprint density at radius 1 is 1.16 bits per heavy atom. The lowest BCUT2D eigenvalue weighted by atomic mass is 9.90. The van der Waals surface area contributed by atoms with Crippen LogP contribution in [0.15, 0.2) is 48.5 Å². The average Bonchev–Trinajstić information content (AvgIpc) is 2.62. The number of nitro benzene ring substituents is 1. The Balaban J connectivity index is 2.42. The Labute approximate surface area is 144 Å². The number of rotatable bonds is 7. The lowest BCUT2D eigenvalue weighted by Gasteiger charge is -2.15. The van der Waals surface area contributed by atoms with Crippen LogP contribution in [0.25, 0.3) is 0 Å². The van der Waals surface area contributed by atoms with E-state index in [1.807, 2.05) is 0 Å². The van der Waals surface area contributed by atoms with E-state index in [1.165, 1.54) is 37.4 Å². The van der Waals surface area contributed by atoms with Gasteiger partial charge in [-0.15, -0.1) is 0 Å². The number of nitrogens with zero attached hydrogens (tertiary/aromatic N) is 1. The van der Waals surface area contributed by atoms with Crippen molar-refractivity contribution in [3.8, 4) is 5.75 Å². The first-order valence-corrected chi connectivity index (χ1v) is 7.57. The molecule has 0 bridgehead atoms. The number of benzene rings is 2. The fourth-order valence-corrected chi connectivity index (χ4v) is 2.35. The molecule has 0 spiro atoms. The van der Waals surface area contributed by atoms with E-state index in [2.05, 4.69) is 0 Å². The Kier molecular flexibility index (Phi) is 5.84. The molecular formula is C18H17NO6. The van der Waals surface area contributed by atoms with E-state index in [0.29, 0.717) is 11.3 Å². The van der Waals surface area contributed by atoms with E-state index in [4.69, 9.17) is 9.47 Å². The van der Waals surface area contributed by atoms with E-state index in [0.717, 1.165) is 0 Å². The van der Waals surface area contributed by atoms with Gasteiger partial charge in [0.1, 0.15) is 11.7 Å². The molecule has 0 aromatic heterocycles. The number of Topliss-reactive ketones (excluding diaryl/α,β-unsaturated/α-hetero) is 1. The Morgan fingerprint density at radius 3 is 2.40 bits per heavy atom. The summed E-state index contributed by atoms with van der Waals surface area (Å²) in [6, 6.07) is 11.7. The predicted molar refractivity (Wildman–Crippen MR) is 89.8 cm³/mol. The number of ketones is 1. The molecule has 0 aliphatic heterocycles. The summed E-state index contributed by atoms with van der Waals surface area (Å²) in [7, 11) is 1.47. The molecule has 130 valence electrons. The topological polar surface area (TPSA) is 95.7 Å². The van der Waals surface area contributed by atoms with Crippen LogP contribution in [-0.4, -0.2) is 30.4 Å². The summed E-state index contributed by atoms with van der Waals surface area (Å²) in [5.74, 6) is -1.89. The second kappa shape index (κ2) is 8.05. The minimum Gasteiger partial charge on any atom is -0.497 e. The van der Waals surface area contributed by atoms with Crippen molar-refractivity contribution in [1.82, 2.24) is 0 Å². The van der Waals surface area contributed by atoms with Gasteiger partial charge in [-0.2, -0.15) is 0 Å². The number of esters is 1. The highest BCUT2D eigenvalue weighted by Gasteiger charge is 2.31. The van der Waals surface area contributed by atoms with Gasteiger partial charge < -0.3 is 9.47 Å². The zero-order valence-electron chi connectivity index (χ0n) is 13.8. The minimum absolute atomic E-state index is 0.119. The SMILES string of the molecule is CCOC(=O)C(C(=O)c1cccc(OC)c1)c1ccc([N+](=O)[O-])cc1. The molecule has 2 aromatic carbocycles. The number of non-ortho nitro benzene ring substituents is 1. The molecule has 2 rings (SSSR count). The highest BCUT2D eigenvalue weighted by molar-refractivity contribution is 6.13. The van der Waals surface area contributed by atoms with Crippen LogP contribution in [0, 0.1) is 10.1 Å². The van der Waals surface area contributed by atoms with Gasteiger partial charge in [0, 0.05) is 17.7 Å². The maximum absolute atomic E-state index is 12.9. The van der Waals surface area contributed by atoms with Crippen LogP contribution in [0.2, 0.25) is 0 Å². The molecule has 0 aliphatic carbocycles. The van der Waals surface area contributed by atoms with Crippen LogP contribution in [0.4, 0.5) is 5.69 Å². The van der Waals surface area contributed by atoms with E-state index in [1.54, 1.807) is 25.1 Å². The van der Waals surface area contributed by atoms with Crippen molar-refractivity contribution in [2.45, 2.75) is 12.8 Å². The molecular weight excluding hydrogens is 326 g/mol. The third-order valence-electron chi connectivity index (χ3n) is 3.58. The van der Waals surface area contributed by atoms with Crippen LogP contribution >= 0.6 is 0 Å². The van der Waals surface area contributed by atoms with E-state index in [-0.39, 0.29) is 17.9 Å². The maximum atomic E-state index is 12.9. The third kappa shape index (κ3) is 4.20. The van der Waals surface area contributed by atoms with Gasteiger partial charge in [0.15, 0.2) is 5.78 Å². The molecule has 7 heteroatoms. The van der Waals surface area contributed by atoms with E-state index < -0.39 is 22.6 Å². The first kappa shape index (κ1) is 18.1. The van der Waals surface area contributed by atoms with Crippen molar-refractivity contribution in [3.63, 3.8) is 0 Å². The first-order chi connectivity index (χ1) is 12.0. The molecule has 0 saturated carbocycles. The molecule has 0 radical (unpaired) electrons. The summed E-state index contributed by atoms with van der Waals surface area (Å²) in [5.41, 5.74) is 0.493. The molecule has 1 unspecified atom stereocenters. The number of carbonyl (C=O) groups excluding carboxylic acids is 2. The van der Waals surface area contributed by atoms with Crippen molar-refractivity contribution in [3.05, 3.63) is 69.8 Å². The molecule has 2 aromatic rings. The Morgan fingerprint density at radius 2 is 1.84 bits per heavy atom. The number of hydrogen-bond acceptors (Lipinski definition) is 6. The van der Waals surface area contributed by atoms with Gasteiger partial charge in [-0.25, -0.2) is 0 Å². The lowest BCUT2D eigenvalue weighted by Crippen LogP contribution is -2.24. The number of hydrogen-bond donors (Lipinski definition) is 0. The summed E-state index contributed by atoms with van der Waals surface area (Å²) in [6.45, 7) is 1.76. The van der Waals surface area contributed by atoms with Crippen molar-refractivity contribution in [2.24, 2.45) is 0 Å². The van der Waals surface area contributed by atoms with Gasteiger partial charge in [0.25, 0.3) is 5.69 Å². The molecule has 7 nitrogen and oxygen atoms in total. The lowest BCUT2D eigenvalue weighted by molar-refractivity contribution is -0.384. The highest BCUT2D eigenvalue weighted by Crippen LogP contribution is 2.26. The van der Waals surface area contributed by atoms with E-state index in [9.17, 15) is 19.7 Å². The van der Waals surface area contributed by atoms with Crippen molar-refractivity contribution >= 4 is 17.4 Å². The molecule has 0 fully saturated rings.